The van der Waals surface area contributed by atoms with Gasteiger partial charge in [0.05, 0.1) is 12.7 Å². The van der Waals surface area contributed by atoms with E-state index in [1.165, 1.54) is 0 Å². The molecule has 1 atom stereocenters. The summed E-state index contributed by atoms with van der Waals surface area (Å²) in [6.45, 7) is 1.09. The van der Waals surface area contributed by atoms with Gasteiger partial charge in [0.1, 0.15) is 0 Å². The molecule has 1 aromatic carbocycles. The number of benzene rings is 1. The first kappa shape index (κ1) is 14.8. The minimum absolute atomic E-state index is 0.180. The largest absolute Gasteiger partial charge is 0.387 e. The van der Waals surface area contributed by atoms with Crippen molar-refractivity contribution in [2.75, 3.05) is 26.8 Å². The Balaban J connectivity index is 1.88. The summed E-state index contributed by atoms with van der Waals surface area (Å²) >= 11 is 1.59. The summed E-state index contributed by atoms with van der Waals surface area (Å²) in [5.74, 6) is 0. The van der Waals surface area contributed by atoms with Crippen LogP contribution >= 0.6 is 11.3 Å². The predicted octanol–water partition coefficient (Wildman–Crippen LogP) is 1.88. The molecular formula is C14H18N2O3S. The third-order valence-corrected chi connectivity index (χ3v) is 3.90. The molecule has 0 saturated carbocycles. The van der Waals surface area contributed by atoms with Crippen LogP contribution in [-0.2, 0) is 4.74 Å². The zero-order valence-electron chi connectivity index (χ0n) is 11.3. The summed E-state index contributed by atoms with van der Waals surface area (Å²) in [4.78, 5) is 11.5. The molecule has 108 valence electrons. The Kier molecular flexibility index (Phi) is 5.34. The van der Waals surface area contributed by atoms with Crippen molar-refractivity contribution in [2.45, 2.75) is 6.10 Å². The van der Waals surface area contributed by atoms with Crippen molar-refractivity contribution in [3.63, 3.8) is 0 Å². The van der Waals surface area contributed by atoms with Crippen molar-refractivity contribution in [1.82, 2.24) is 10.6 Å². The van der Waals surface area contributed by atoms with E-state index >= 15 is 0 Å². The second kappa shape index (κ2) is 7.23. The molecule has 1 aromatic heterocycles. The predicted molar refractivity (Wildman–Crippen MR) is 80.1 cm³/mol. The molecule has 6 heteroatoms. The van der Waals surface area contributed by atoms with Crippen molar-refractivity contribution in [2.24, 2.45) is 0 Å². The molecule has 1 unspecified atom stereocenters. The van der Waals surface area contributed by atoms with Crippen LogP contribution in [0, 0.1) is 0 Å². The quantitative estimate of drug-likeness (QED) is 0.712. The van der Waals surface area contributed by atoms with Crippen LogP contribution in [0.25, 0.3) is 10.1 Å². The summed E-state index contributed by atoms with van der Waals surface area (Å²) in [5, 5.41) is 18.4. The molecular weight excluding hydrogens is 276 g/mol. The van der Waals surface area contributed by atoms with E-state index in [1.54, 1.807) is 18.4 Å². The van der Waals surface area contributed by atoms with E-state index in [2.05, 4.69) is 10.6 Å². The summed E-state index contributed by atoms with van der Waals surface area (Å²) in [5.41, 5.74) is 0.850. The minimum atomic E-state index is -0.709. The first-order valence-corrected chi connectivity index (χ1v) is 7.25. The zero-order chi connectivity index (χ0) is 14.4. The minimum Gasteiger partial charge on any atom is -0.387 e. The lowest BCUT2D eigenvalue weighted by Gasteiger charge is -2.12. The van der Waals surface area contributed by atoms with Crippen LogP contribution in [0.15, 0.2) is 29.6 Å². The highest BCUT2D eigenvalue weighted by molar-refractivity contribution is 7.17. The van der Waals surface area contributed by atoms with Crippen molar-refractivity contribution in [1.29, 1.82) is 0 Å². The van der Waals surface area contributed by atoms with E-state index in [1.807, 2.05) is 29.6 Å². The van der Waals surface area contributed by atoms with Crippen LogP contribution in [0.3, 0.4) is 0 Å². The average Bonchev–Trinajstić information content (AvgIpc) is 2.89. The van der Waals surface area contributed by atoms with Gasteiger partial charge in [-0.15, -0.1) is 11.3 Å². The fourth-order valence-electron chi connectivity index (χ4n) is 1.88. The fourth-order valence-corrected chi connectivity index (χ4v) is 2.89. The Hall–Kier alpha value is -1.63. The second-order valence-corrected chi connectivity index (χ2v) is 5.24. The van der Waals surface area contributed by atoms with Crippen molar-refractivity contribution in [3.8, 4) is 0 Å². The lowest BCUT2D eigenvalue weighted by atomic mass is 10.1. The highest BCUT2D eigenvalue weighted by Gasteiger charge is 2.13. The molecule has 5 nitrogen and oxygen atoms in total. The topological polar surface area (TPSA) is 70.6 Å². The Bertz CT molecular complexity index is 570. The number of hydrogen-bond donors (Lipinski definition) is 3. The molecule has 0 aliphatic heterocycles. The average molecular weight is 294 g/mol. The fraction of sp³-hybridized carbons (Fsp3) is 0.357. The third kappa shape index (κ3) is 3.69. The SMILES string of the molecule is COCCNC(=O)NCC(O)c1csc2ccccc12. The van der Waals surface area contributed by atoms with Gasteiger partial charge in [0.2, 0.25) is 0 Å². The Morgan fingerprint density at radius 2 is 2.20 bits per heavy atom. The first-order chi connectivity index (χ1) is 9.72. The molecule has 2 aromatic rings. The number of carbonyl (C=O) groups excluding carboxylic acids is 1. The number of nitrogens with one attached hydrogen (secondary N) is 2. The monoisotopic (exact) mass is 294 g/mol. The van der Waals surface area contributed by atoms with Crippen molar-refractivity contribution in [3.05, 3.63) is 35.2 Å². The molecule has 0 radical (unpaired) electrons. The molecule has 0 aliphatic carbocycles. The molecule has 0 spiro atoms. The smallest absolute Gasteiger partial charge is 0.314 e. The normalized spacial score (nSPS) is 12.3. The number of hydrogen-bond acceptors (Lipinski definition) is 4. The van der Waals surface area contributed by atoms with E-state index in [9.17, 15) is 9.90 Å². The highest BCUT2D eigenvalue weighted by Crippen LogP contribution is 2.29. The van der Waals surface area contributed by atoms with Gasteiger partial charge in [0.15, 0.2) is 0 Å². The van der Waals surface area contributed by atoms with Gasteiger partial charge in [0.25, 0.3) is 0 Å². The molecule has 1 heterocycles. The lowest BCUT2D eigenvalue weighted by molar-refractivity contribution is 0.172. The maximum Gasteiger partial charge on any atom is 0.314 e. The molecule has 0 aliphatic rings. The second-order valence-electron chi connectivity index (χ2n) is 4.33. The lowest BCUT2D eigenvalue weighted by Crippen LogP contribution is -2.39. The molecule has 20 heavy (non-hydrogen) atoms. The summed E-state index contributed by atoms with van der Waals surface area (Å²) < 4.78 is 5.97. The van der Waals surface area contributed by atoms with Crippen LogP contribution in [0.2, 0.25) is 0 Å². The summed E-state index contributed by atoms with van der Waals surface area (Å²) in [6.07, 6.45) is -0.709. The zero-order valence-corrected chi connectivity index (χ0v) is 12.1. The van der Waals surface area contributed by atoms with E-state index in [0.29, 0.717) is 13.2 Å². The highest BCUT2D eigenvalue weighted by atomic mass is 32.1. The Labute approximate surface area is 121 Å². The number of methoxy groups -OCH3 is 1. The number of aliphatic hydroxyl groups is 1. The van der Waals surface area contributed by atoms with Crippen LogP contribution in [-0.4, -0.2) is 37.9 Å². The number of rotatable bonds is 6. The van der Waals surface area contributed by atoms with Gasteiger partial charge in [-0.2, -0.15) is 0 Å². The van der Waals surface area contributed by atoms with Gasteiger partial charge < -0.3 is 20.5 Å². The third-order valence-electron chi connectivity index (χ3n) is 2.92. The van der Waals surface area contributed by atoms with Gasteiger partial charge in [-0.25, -0.2) is 4.79 Å². The van der Waals surface area contributed by atoms with Gasteiger partial charge >= 0.3 is 6.03 Å². The summed E-state index contributed by atoms with van der Waals surface area (Å²) in [6, 6.07) is 7.59. The molecule has 0 fully saturated rings. The van der Waals surface area contributed by atoms with Gasteiger partial charge in [-0.3, -0.25) is 0 Å². The van der Waals surface area contributed by atoms with Crippen LogP contribution in [0.4, 0.5) is 4.79 Å². The van der Waals surface area contributed by atoms with Crippen LogP contribution < -0.4 is 10.6 Å². The van der Waals surface area contributed by atoms with E-state index in [4.69, 9.17) is 4.74 Å². The maximum absolute atomic E-state index is 11.5. The molecule has 2 rings (SSSR count). The number of amides is 2. The standard InChI is InChI=1S/C14H18N2O3S/c1-19-7-6-15-14(18)16-8-12(17)11-9-20-13-5-3-2-4-10(11)13/h2-5,9,12,17H,6-8H2,1H3,(H2,15,16,18). The van der Waals surface area contributed by atoms with Gasteiger partial charge in [-0.1, -0.05) is 18.2 Å². The summed E-state index contributed by atoms with van der Waals surface area (Å²) in [7, 11) is 1.57. The number of urea groups is 1. The molecule has 3 N–H and O–H groups in total. The molecule has 0 saturated heterocycles. The number of ether oxygens (including phenoxy) is 1. The van der Waals surface area contributed by atoms with E-state index in [0.717, 1.165) is 15.6 Å². The number of fused-ring (bicyclic) bond motifs is 1. The van der Waals surface area contributed by atoms with Crippen LogP contribution in [0.5, 0.6) is 0 Å². The Morgan fingerprint density at radius 3 is 3.00 bits per heavy atom. The van der Waals surface area contributed by atoms with Gasteiger partial charge in [0, 0.05) is 30.5 Å². The van der Waals surface area contributed by atoms with Crippen LogP contribution in [0.1, 0.15) is 11.7 Å². The van der Waals surface area contributed by atoms with Crippen molar-refractivity contribution < 1.29 is 14.6 Å². The first-order valence-electron chi connectivity index (χ1n) is 6.37. The van der Waals surface area contributed by atoms with Gasteiger partial charge in [-0.05, 0) is 16.8 Å². The number of thiophene rings is 1. The molecule has 0 bridgehead atoms. The van der Waals surface area contributed by atoms with E-state index in [-0.39, 0.29) is 12.6 Å². The van der Waals surface area contributed by atoms with E-state index < -0.39 is 6.10 Å². The maximum atomic E-state index is 11.5. The van der Waals surface area contributed by atoms with Crippen molar-refractivity contribution >= 4 is 27.5 Å². The molecule has 2 amide bonds. The Morgan fingerprint density at radius 1 is 1.40 bits per heavy atom. The number of carbonyl (C=O) groups is 1. The number of aliphatic hydroxyl groups excluding tert-OH is 1.